The number of rotatable bonds is 6. The second-order valence-corrected chi connectivity index (χ2v) is 6.57. The normalized spacial score (nSPS) is 18.1. The molecule has 1 aliphatic rings. The van der Waals surface area contributed by atoms with Crippen molar-refractivity contribution in [3.8, 4) is 11.3 Å². The summed E-state index contributed by atoms with van der Waals surface area (Å²) in [6.07, 6.45) is 2.20. The molecule has 2 aromatic carbocycles. The molecule has 0 aliphatic heterocycles. The molecular weight excluding hydrogens is 358 g/mol. The van der Waals surface area contributed by atoms with Crippen molar-refractivity contribution in [1.82, 2.24) is 5.43 Å². The minimum Gasteiger partial charge on any atom is -0.455 e. The largest absolute Gasteiger partial charge is 0.455 e. The van der Waals surface area contributed by atoms with Gasteiger partial charge in [-0.2, -0.15) is 5.10 Å². The molecule has 4 rings (SSSR count). The lowest BCUT2D eigenvalue weighted by molar-refractivity contribution is -0.384. The molecule has 3 aromatic rings. The Hall–Kier alpha value is -3.74. The fourth-order valence-electron chi connectivity index (χ4n) is 3.20. The van der Waals surface area contributed by atoms with Crippen LogP contribution in [-0.4, -0.2) is 17.0 Å². The highest BCUT2D eigenvalue weighted by Gasteiger charge is 2.43. The summed E-state index contributed by atoms with van der Waals surface area (Å²) in [6.45, 7) is 0. The van der Waals surface area contributed by atoms with Crippen molar-refractivity contribution in [2.24, 2.45) is 11.0 Å². The van der Waals surface area contributed by atoms with Crippen LogP contribution in [0, 0.1) is 16.0 Å². The van der Waals surface area contributed by atoms with E-state index in [4.69, 9.17) is 4.42 Å². The lowest BCUT2D eigenvalue weighted by atomic mass is 10.1. The topological polar surface area (TPSA) is 97.7 Å². The summed E-state index contributed by atoms with van der Waals surface area (Å²) < 4.78 is 5.60. The van der Waals surface area contributed by atoms with Crippen molar-refractivity contribution in [3.05, 3.63) is 88.2 Å². The lowest BCUT2D eigenvalue weighted by Crippen LogP contribution is -2.20. The van der Waals surface area contributed by atoms with E-state index in [1.165, 1.54) is 12.3 Å². The predicted molar refractivity (Wildman–Crippen MR) is 104 cm³/mol. The molecule has 0 spiro atoms. The molecule has 2 atom stereocenters. The summed E-state index contributed by atoms with van der Waals surface area (Å²) in [6, 6.07) is 19.6. The maximum atomic E-state index is 12.2. The molecule has 140 valence electrons. The van der Waals surface area contributed by atoms with Gasteiger partial charge in [-0.15, -0.1) is 0 Å². The smallest absolute Gasteiger partial charge is 0.280 e. The number of nitrogens with one attached hydrogen (secondary N) is 1. The Morgan fingerprint density at radius 1 is 1.11 bits per heavy atom. The van der Waals surface area contributed by atoms with Gasteiger partial charge in [0, 0.05) is 12.0 Å². The standard InChI is InChI=1S/C21H17N3O4/c25-21(18-12-17(18)14-6-2-1-3-7-14)23-22-13-15-10-11-20(28-15)16-8-4-5-9-19(16)24(26)27/h1-11,13,17-18H,12H2,(H,23,25)/b22-13+/t17-,18+/m0/s1. The molecule has 1 N–H and O–H groups in total. The van der Waals surface area contributed by atoms with Crippen LogP contribution in [0.2, 0.25) is 0 Å². The predicted octanol–water partition coefficient (Wildman–Crippen LogP) is 4.11. The van der Waals surface area contributed by atoms with Crippen LogP contribution >= 0.6 is 0 Å². The van der Waals surface area contributed by atoms with Gasteiger partial charge in [-0.25, -0.2) is 5.43 Å². The molecule has 0 unspecified atom stereocenters. The number of benzene rings is 2. The van der Waals surface area contributed by atoms with E-state index in [2.05, 4.69) is 10.5 Å². The Labute approximate surface area is 160 Å². The fourth-order valence-corrected chi connectivity index (χ4v) is 3.20. The summed E-state index contributed by atoms with van der Waals surface area (Å²) in [5.41, 5.74) is 4.05. The Morgan fingerprint density at radius 2 is 1.86 bits per heavy atom. The third-order valence-corrected chi connectivity index (χ3v) is 4.71. The Bertz CT molecular complexity index is 1040. The van der Waals surface area contributed by atoms with Gasteiger partial charge in [-0.3, -0.25) is 14.9 Å². The molecule has 0 saturated heterocycles. The van der Waals surface area contributed by atoms with Gasteiger partial charge in [0.05, 0.1) is 16.7 Å². The van der Waals surface area contributed by atoms with E-state index < -0.39 is 4.92 Å². The first kappa shape index (κ1) is 17.7. The van der Waals surface area contributed by atoms with Crippen LogP contribution in [0.1, 0.15) is 23.7 Å². The first-order valence-corrected chi connectivity index (χ1v) is 8.85. The average molecular weight is 375 g/mol. The van der Waals surface area contributed by atoms with Crippen molar-refractivity contribution in [3.63, 3.8) is 0 Å². The van der Waals surface area contributed by atoms with Crippen molar-refractivity contribution in [1.29, 1.82) is 0 Å². The number of hydrogen-bond acceptors (Lipinski definition) is 5. The maximum absolute atomic E-state index is 12.2. The zero-order valence-corrected chi connectivity index (χ0v) is 14.8. The molecule has 1 fully saturated rings. The number of nitro benzene ring substituents is 1. The first-order valence-electron chi connectivity index (χ1n) is 8.85. The Kier molecular flexibility index (Phi) is 4.72. The van der Waals surface area contributed by atoms with Crippen LogP contribution in [0.5, 0.6) is 0 Å². The van der Waals surface area contributed by atoms with E-state index in [0.29, 0.717) is 17.1 Å². The van der Waals surface area contributed by atoms with Crippen molar-refractivity contribution < 1.29 is 14.1 Å². The van der Waals surface area contributed by atoms with Gasteiger partial charge in [0.15, 0.2) is 0 Å². The molecule has 1 heterocycles. The minimum atomic E-state index is -0.454. The molecule has 7 heteroatoms. The number of amides is 1. The van der Waals surface area contributed by atoms with Crippen LogP contribution in [0.25, 0.3) is 11.3 Å². The van der Waals surface area contributed by atoms with Gasteiger partial charge < -0.3 is 4.42 Å². The van der Waals surface area contributed by atoms with Crippen molar-refractivity contribution >= 4 is 17.8 Å². The second kappa shape index (κ2) is 7.48. The molecule has 1 aliphatic carbocycles. The van der Waals surface area contributed by atoms with Gasteiger partial charge in [0.1, 0.15) is 11.5 Å². The van der Waals surface area contributed by atoms with Crippen LogP contribution in [-0.2, 0) is 4.79 Å². The Morgan fingerprint density at radius 3 is 2.64 bits per heavy atom. The number of nitro groups is 1. The second-order valence-electron chi connectivity index (χ2n) is 6.57. The molecule has 7 nitrogen and oxygen atoms in total. The quantitative estimate of drug-likeness (QED) is 0.398. The van der Waals surface area contributed by atoms with E-state index in [1.54, 1.807) is 30.3 Å². The molecule has 1 aromatic heterocycles. The Balaban J connectivity index is 1.38. The number of nitrogens with zero attached hydrogens (tertiary/aromatic N) is 2. The third-order valence-electron chi connectivity index (χ3n) is 4.71. The minimum absolute atomic E-state index is 0.0330. The zero-order chi connectivity index (χ0) is 19.5. The van der Waals surface area contributed by atoms with E-state index in [9.17, 15) is 14.9 Å². The molecule has 1 amide bonds. The van der Waals surface area contributed by atoms with Crippen LogP contribution < -0.4 is 5.43 Å². The van der Waals surface area contributed by atoms with Gasteiger partial charge in [-0.05, 0) is 36.1 Å². The van der Waals surface area contributed by atoms with Gasteiger partial charge in [0.25, 0.3) is 5.69 Å². The SMILES string of the molecule is O=C(N/N=C/c1ccc(-c2ccccc2[N+](=O)[O-])o1)[C@@H]1C[C@H]1c1ccccc1. The highest BCUT2D eigenvalue weighted by atomic mass is 16.6. The number of furan rings is 1. The summed E-state index contributed by atoms with van der Waals surface area (Å²) >= 11 is 0. The molecule has 0 bridgehead atoms. The average Bonchev–Trinajstić information content (AvgIpc) is 3.39. The van der Waals surface area contributed by atoms with Crippen LogP contribution in [0.4, 0.5) is 5.69 Å². The summed E-state index contributed by atoms with van der Waals surface area (Å²) in [7, 11) is 0. The van der Waals surface area contributed by atoms with E-state index in [0.717, 1.165) is 12.0 Å². The number of para-hydroxylation sites is 1. The number of carbonyl (C=O) groups is 1. The zero-order valence-electron chi connectivity index (χ0n) is 14.8. The van der Waals surface area contributed by atoms with Gasteiger partial charge in [-0.1, -0.05) is 42.5 Å². The van der Waals surface area contributed by atoms with Crippen LogP contribution in [0.15, 0.2) is 76.2 Å². The van der Waals surface area contributed by atoms with Gasteiger partial charge in [0.2, 0.25) is 5.91 Å². The molecule has 1 saturated carbocycles. The third kappa shape index (κ3) is 3.68. The summed E-state index contributed by atoms with van der Waals surface area (Å²) in [4.78, 5) is 22.9. The highest BCUT2D eigenvalue weighted by molar-refractivity contribution is 5.85. The van der Waals surface area contributed by atoms with Crippen LogP contribution in [0.3, 0.4) is 0 Å². The summed E-state index contributed by atoms with van der Waals surface area (Å²) in [5.74, 6) is 0.801. The maximum Gasteiger partial charge on any atom is 0.280 e. The highest BCUT2D eigenvalue weighted by Crippen LogP contribution is 2.47. The number of hydrogen-bond donors (Lipinski definition) is 1. The van der Waals surface area contributed by atoms with E-state index in [-0.39, 0.29) is 23.4 Å². The van der Waals surface area contributed by atoms with E-state index in [1.807, 2.05) is 30.3 Å². The molecular formula is C21H17N3O4. The van der Waals surface area contributed by atoms with Gasteiger partial charge >= 0.3 is 0 Å². The lowest BCUT2D eigenvalue weighted by Gasteiger charge is -2.00. The van der Waals surface area contributed by atoms with Crippen molar-refractivity contribution in [2.75, 3.05) is 0 Å². The van der Waals surface area contributed by atoms with Crippen molar-refractivity contribution in [2.45, 2.75) is 12.3 Å². The number of carbonyl (C=O) groups excluding carboxylic acids is 1. The first-order chi connectivity index (χ1) is 13.6. The summed E-state index contributed by atoms with van der Waals surface area (Å²) in [5, 5.41) is 15.1. The molecule has 0 radical (unpaired) electrons. The fraction of sp³-hybridized carbons (Fsp3) is 0.143. The number of hydrazone groups is 1. The monoisotopic (exact) mass is 375 g/mol. The molecule has 28 heavy (non-hydrogen) atoms. The van der Waals surface area contributed by atoms with E-state index >= 15 is 0 Å².